The Morgan fingerprint density at radius 3 is 2.42 bits per heavy atom. The number of phenols is 1. The Labute approximate surface area is 288 Å². The molecule has 0 atom stereocenters. The molecule has 0 radical (unpaired) electrons. The Hall–Kier alpha value is -4.08. The van der Waals surface area contributed by atoms with Crippen LogP contribution in [0.4, 0.5) is 35.6 Å². The van der Waals surface area contributed by atoms with Crippen molar-refractivity contribution in [2.75, 3.05) is 67.7 Å². The molecule has 0 aliphatic carbocycles. The van der Waals surface area contributed by atoms with Gasteiger partial charge in [-0.2, -0.15) is 21.4 Å². The highest BCUT2D eigenvalue weighted by Crippen LogP contribution is 2.40. The van der Waals surface area contributed by atoms with Crippen LogP contribution in [0.15, 0.2) is 48.7 Å². The number of rotatable bonds is 11. The number of halogens is 3. The highest BCUT2D eigenvalue weighted by Gasteiger charge is 2.21. The lowest BCUT2D eigenvalue weighted by Gasteiger charge is -2.36. The van der Waals surface area contributed by atoms with E-state index in [-0.39, 0.29) is 11.6 Å². The van der Waals surface area contributed by atoms with Gasteiger partial charge < -0.3 is 25.4 Å². The molecule has 1 saturated heterocycles. The van der Waals surface area contributed by atoms with Crippen LogP contribution in [0.25, 0.3) is 21.8 Å². The molecule has 0 unspecified atom stereocenters. The molecule has 10 nitrogen and oxygen atoms in total. The van der Waals surface area contributed by atoms with E-state index in [2.05, 4.69) is 38.0 Å². The number of aromatic hydroxyl groups is 1. The summed E-state index contributed by atoms with van der Waals surface area (Å²) in [5.74, 6) is -1.67. The first-order valence-electron chi connectivity index (χ1n) is 15.5. The second-order valence-corrected chi connectivity index (χ2v) is 11.8. The number of phenolic OH excluding ortho intramolecular Hbond substituents is 1. The number of nitrogens with one attached hydrogen (secondary N) is 2. The van der Waals surface area contributed by atoms with Gasteiger partial charge in [0, 0.05) is 75.5 Å². The number of alkyl halides is 2. The zero-order valence-electron chi connectivity index (χ0n) is 27.6. The summed E-state index contributed by atoms with van der Waals surface area (Å²) < 4.78 is 42.7. The van der Waals surface area contributed by atoms with Crippen molar-refractivity contribution in [3.8, 4) is 33.3 Å². The van der Waals surface area contributed by atoms with E-state index in [1.54, 1.807) is 37.6 Å². The molecule has 3 N–H and O–H groups in total. The number of carbonyl (C=O) groups is 1. The van der Waals surface area contributed by atoms with Crippen LogP contribution in [0.5, 0.6) is 11.5 Å². The fraction of sp³-hybridized carbons (Fsp3) is 0.394. The summed E-state index contributed by atoms with van der Waals surface area (Å²) >= 11 is 5.76. The number of thiazole rings is 1. The van der Waals surface area contributed by atoms with Gasteiger partial charge in [-0.25, -0.2) is 19.3 Å². The molecule has 5 rings (SSSR count). The second kappa shape index (κ2) is 18.5. The molecule has 2 aromatic carbocycles. The Balaban J connectivity index is 0.000000705. The van der Waals surface area contributed by atoms with Crippen molar-refractivity contribution in [2.45, 2.75) is 33.6 Å². The lowest BCUT2D eigenvalue weighted by molar-refractivity contribution is -0.126. The van der Waals surface area contributed by atoms with Crippen LogP contribution < -0.4 is 20.3 Å². The standard InChI is InChI=1S/C28H32FN7O2S2.C3H4F2O.C2H6/c1-3-30-28-34-25(18-14-20(37)17-21(15-18)38-2)26(40-28)23-6-7-31-27(33-23)32-19-4-5-24(22(29)16-19)36-10-8-35(9-11-36)12-13-39;1-3(4,5)2-6;1-2/h4-7,14-17,37,39H,3,8-13H2,1-2H3,(H,30,34)(H,31,32,33);2H,1H3;1-2H3. The Morgan fingerprint density at radius 2 is 1.81 bits per heavy atom. The SMILES string of the molecule is CC.CC(F)(F)C=O.CCNc1nc(-c2cc(O)cc(OC)c2)c(-c2ccnc(Nc3ccc(N4CCN(CCS)CC4)c(F)c3)n2)s1. The molecule has 1 aliphatic rings. The van der Waals surface area contributed by atoms with Gasteiger partial charge in [0.2, 0.25) is 5.95 Å². The van der Waals surface area contributed by atoms with Crippen molar-refractivity contribution in [3.63, 3.8) is 0 Å². The van der Waals surface area contributed by atoms with Crippen LogP contribution in [-0.2, 0) is 4.79 Å². The highest BCUT2D eigenvalue weighted by molar-refractivity contribution is 7.80. The maximum Gasteiger partial charge on any atom is 0.299 e. The number of carbonyl (C=O) groups excluding carboxylic acids is 1. The fourth-order valence-electron chi connectivity index (χ4n) is 4.62. The van der Waals surface area contributed by atoms with Crippen LogP contribution in [0.1, 0.15) is 27.7 Å². The molecule has 4 aromatic rings. The quantitative estimate of drug-likeness (QED) is 0.0943. The third kappa shape index (κ3) is 11.0. The summed E-state index contributed by atoms with van der Waals surface area (Å²) in [6, 6.07) is 11.9. The molecule has 1 aliphatic heterocycles. The number of aldehydes is 1. The summed E-state index contributed by atoms with van der Waals surface area (Å²) in [7, 11) is 1.55. The number of aromatic nitrogens is 3. The van der Waals surface area contributed by atoms with Gasteiger partial charge in [0.25, 0.3) is 5.92 Å². The molecule has 1 fully saturated rings. The molecule has 15 heteroatoms. The number of methoxy groups -OCH3 is 1. The fourth-order valence-corrected chi connectivity index (χ4v) is 5.93. The summed E-state index contributed by atoms with van der Waals surface area (Å²) in [5.41, 5.74) is 3.15. The van der Waals surface area contributed by atoms with Crippen molar-refractivity contribution in [2.24, 2.45) is 0 Å². The van der Waals surface area contributed by atoms with Gasteiger partial charge in [-0.15, -0.1) is 0 Å². The van der Waals surface area contributed by atoms with Crippen LogP contribution >= 0.6 is 24.0 Å². The molecule has 0 amide bonds. The number of benzene rings is 2. The first kappa shape index (κ1) is 38.4. The molecular weight excluding hydrogens is 664 g/mol. The molecule has 0 saturated carbocycles. The minimum atomic E-state index is -3.14. The largest absolute Gasteiger partial charge is 0.508 e. The van der Waals surface area contributed by atoms with Crippen LogP contribution in [-0.4, -0.2) is 89.3 Å². The van der Waals surface area contributed by atoms with E-state index in [4.69, 9.17) is 19.5 Å². The molecule has 3 heterocycles. The van der Waals surface area contributed by atoms with Gasteiger partial charge in [0.05, 0.1) is 29.1 Å². The lowest BCUT2D eigenvalue weighted by atomic mass is 10.1. The van der Waals surface area contributed by atoms with Crippen molar-refractivity contribution in [1.82, 2.24) is 19.9 Å². The Kier molecular flexibility index (Phi) is 14.8. The summed E-state index contributed by atoms with van der Waals surface area (Å²) in [5, 5.41) is 17.4. The number of ether oxygens (including phenoxy) is 1. The van der Waals surface area contributed by atoms with Gasteiger partial charge in [0.15, 0.2) is 11.4 Å². The lowest BCUT2D eigenvalue weighted by Crippen LogP contribution is -2.47. The number of thiol groups is 1. The number of piperazine rings is 1. The predicted molar refractivity (Wildman–Crippen MR) is 191 cm³/mol. The molecule has 0 spiro atoms. The minimum Gasteiger partial charge on any atom is -0.508 e. The molecule has 260 valence electrons. The van der Waals surface area contributed by atoms with Gasteiger partial charge in [0.1, 0.15) is 17.3 Å². The summed E-state index contributed by atoms with van der Waals surface area (Å²) in [4.78, 5) is 28.1. The van der Waals surface area contributed by atoms with Crippen LogP contribution in [0, 0.1) is 5.82 Å². The van der Waals surface area contributed by atoms with E-state index >= 15 is 4.39 Å². The van der Waals surface area contributed by atoms with Gasteiger partial charge in [-0.1, -0.05) is 25.2 Å². The van der Waals surface area contributed by atoms with E-state index in [1.807, 2.05) is 32.9 Å². The molecular formula is C33H42F3N7O3S2. The number of hydrogen-bond donors (Lipinski definition) is 4. The van der Waals surface area contributed by atoms with Crippen molar-refractivity contribution in [3.05, 3.63) is 54.5 Å². The first-order chi connectivity index (χ1) is 23.0. The number of anilines is 4. The van der Waals surface area contributed by atoms with Crippen molar-refractivity contribution < 1.29 is 27.8 Å². The smallest absolute Gasteiger partial charge is 0.299 e. The van der Waals surface area contributed by atoms with E-state index in [0.29, 0.717) is 53.5 Å². The van der Waals surface area contributed by atoms with E-state index in [1.165, 1.54) is 17.4 Å². The van der Waals surface area contributed by atoms with Crippen molar-refractivity contribution >= 4 is 52.7 Å². The third-order valence-corrected chi connectivity index (χ3v) is 8.02. The first-order valence-corrected chi connectivity index (χ1v) is 16.9. The second-order valence-electron chi connectivity index (χ2n) is 10.3. The van der Waals surface area contributed by atoms with E-state index < -0.39 is 12.2 Å². The average Bonchev–Trinajstić information content (AvgIpc) is 3.50. The maximum absolute atomic E-state index is 15.1. The van der Waals surface area contributed by atoms with Gasteiger partial charge >= 0.3 is 0 Å². The van der Waals surface area contributed by atoms with Crippen LogP contribution in [0.3, 0.4) is 0 Å². The Morgan fingerprint density at radius 1 is 1.10 bits per heavy atom. The number of hydrogen-bond acceptors (Lipinski definition) is 12. The monoisotopic (exact) mass is 705 g/mol. The molecule has 2 aromatic heterocycles. The van der Waals surface area contributed by atoms with Gasteiger partial charge in [-0.05, 0) is 43.3 Å². The van der Waals surface area contributed by atoms with E-state index in [0.717, 1.165) is 48.5 Å². The zero-order valence-corrected chi connectivity index (χ0v) is 29.3. The minimum absolute atomic E-state index is 0.0772. The van der Waals surface area contributed by atoms with Gasteiger partial charge in [-0.3, -0.25) is 9.69 Å². The Bertz CT molecular complexity index is 1610. The predicted octanol–water partition coefficient (Wildman–Crippen LogP) is 7.21. The topological polar surface area (TPSA) is 116 Å². The van der Waals surface area contributed by atoms with E-state index in [9.17, 15) is 13.9 Å². The summed E-state index contributed by atoms with van der Waals surface area (Å²) in [6.45, 7) is 11.5. The highest BCUT2D eigenvalue weighted by atomic mass is 32.1. The average molecular weight is 706 g/mol. The maximum atomic E-state index is 15.1. The number of nitrogens with zero attached hydrogens (tertiary/aromatic N) is 5. The molecule has 0 bridgehead atoms. The molecule has 48 heavy (non-hydrogen) atoms. The third-order valence-electron chi connectivity index (χ3n) is 6.78. The summed E-state index contributed by atoms with van der Waals surface area (Å²) in [6.07, 6.45) is 1.26. The van der Waals surface area contributed by atoms with Crippen LogP contribution in [0.2, 0.25) is 0 Å². The normalized spacial score (nSPS) is 13.1. The zero-order chi connectivity index (χ0) is 35.3. The van der Waals surface area contributed by atoms with Crippen molar-refractivity contribution in [1.29, 1.82) is 0 Å².